The molecule has 2 rings (SSSR count). The third kappa shape index (κ3) is 4.96. The van der Waals surface area contributed by atoms with E-state index in [9.17, 15) is 14.4 Å². The fourth-order valence-corrected chi connectivity index (χ4v) is 3.11. The second-order valence-corrected chi connectivity index (χ2v) is 6.89. The average Bonchev–Trinajstić information content (AvgIpc) is 3.06. The molecule has 0 saturated carbocycles. The highest BCUT2D eigenvalue weighted by atomic mass is 16.5. The molecule has 6 nitrogen and oxygen atoms in total. The standard InChI is InChI=1S/C21H28N2O4/c1-5-11-22-20(25)15(4)27-21(26)16-12-19(24)23(13-16)18-10-8-7-9-17(18)14(3)6-2/h5,7-10,14-16H,1,6,11-13H2,2-4H3,(H,22,25)/t14-,15-,16+/m0/s1. The molecule has 1 fully saturated rings. The molecule has 27 heavy (non-hydrogen) atoms. The van der Waals surface area contributed by atoms with Crippen LogP contribution >= 0.6 is 0 Å². The quantitative estimate of drug-likeness (QED) is 0.562. The highest BCUT2D eigenvalue weighted by Crippen LogP contribution is 2.33. The van der Waals surface area contributed by atoms with Gasteiger partial charge in [-0.25, -0.2) is 0 Å². The number of esters is 1. The highest BCUT2D eigenvalue weighted by Gasteiger charge is 2.38. The van der Waals surface area contributed by atoms with Crippen LogP contribution in [0.1, 0.15) is 45.1 Å². The normalized spacial score (nSPS) is 18.7. The molecule has 1 aliphatic heterocycles. The third-order valence-electron chi connectivity index (χ3n) is 4.91. The second-order valence-electron chi connectivity index (χ2n) is 6.89. The Morgan fingerprint density at radius 2 is 2.07 bits per heavy atom. The summed E-state index contributed by atoms with van der Waals surface area (Å²) < 4.78 is 5.26. The first-order valence-electron chi connectivity index (χ1n) is 9.37. The van der Waals surface area contributed by atoms with Gasteiger partial charge in [0.05, 0.1) is 5.92 Å². The first-order chi connectivity index (χ1) is 12.9. The van der Waals surface area contributed by atoms with Gasteiger partial charge in [0.15, 0.2) is 6.10 Å². The number of carbonyl (C=O) groups excluding carboxylic acids is 3. The monoisotopic (exact) mass is 372 g/mol. The first-order valence-corrected chi connectivity index (χ1v) is 9.37. The van der Waals surface area contributed by atoms with Crippen molar-refractivity contribution in [2.24, 2.45) is 5.92 Å². The fraction of sp³-hybridized carbons (Fsp3) is 0.476. The smallest absolute Gasteiger partial charge is 0.312 e. The molecule has 1 aliphatic rings. The maximum Gasteiger partial charge on any atom is 0.312 e. The Morgan fingerprint density at radius 1 is 1.37 bits per heavy atom. The number of para-hydroxylation sites is 1. The third-order valence-corrected chi connectivity index (χ3v) is 4.91. The SMILES string of the molecule is C=CCNC(=O)[C@H](C)OC(=O)[C@@H]1CC(=O)N(c2ccccc2[C@@H](C)CC)C1. The number of carbonyl (C=O) groups is 3. The van der Waals surface area contributed by atoms with E-state index in [2.05, 4.69) is 25.7 Å². The molecule has 1 heterocycles. The molecule has 6 heteroatoms. The van der Waals surface area contributed by atoms with Crippen LogP contribution in [0.5, 0.6) is 0 Å². The summed E-state index contributed by atoms with van der Waals surface area (Å²) in [6.45, 7) is 9.84. The Morgan fingerprint density at radius 3 is 2.74 bits per heavy atom. The van der Waals surface area contributed by atoms with Crippen molar-refractivity contribution >= 4 is 23.5 Å². The topological polar surface area (TPSA) is 75.7 Å². The summed E-state index contributed by atoms with van der Waals surface area (Å²) >= 11 is 0. The zero-order valence-electron chi connectivity index (χ0n) is 16.2. The van der Waals surface area contributed by atoms with E-state index in [0.717, 1.165) is 17.7 Å². The molecule has 0 bridgehead atoms. The number of ether oxygens (including phenoxy) is 1. The van der Waals surface area contributed by atoms with E-state index < -0.39 is 18.0 Å². The molecule has 1 saturated heterocycles. The van der Waals surface area contributed by atoms with Gasteiger partial charge in [0.25, 0.3) is 5.91 Å². The Balaban J connectivity index is 2.06. The number of nitrogens with one attached hydrogen (secondary N) is 1. The van der Waals surface area contributed by atoms with Crippen molar-refractivity contribution in [2.75, 3.05) is 18.0 Å². The van der Waals surface area contributed by atoms with Crippen LogP contribution in [0.2, 0.25) is 0 Å². The summed E-state index contributed by atoms with van der Waals surface area (Å²) in [5.41, 5.74) is 1.95. The summed E-state index contributed by atoms with van der Waals surface area (Å²) in [6.07, 6.45) is 1.69. The zero-order valence-corrected chi connectivity index (χ0v) is 16.2. The minimum Gasteiger partial charge on any atom is -0.452 e. The van der Waals surface area contributed by atoms with Crippen LogP contribution < -0.4 is 10.2 Å². The molecular weight excluding hydrogens is 344 g/mol. The highest BCUT2D eigenvalue weighted by molar-refractivity contribution is 6.00. The Kier molecular flexibility index (Phi) is 7.16. The van der Waals surface area contributed by atoms with Gasteiger partial charge in [-0.1, -0.05) is 38.1 Å². The van der Waals surface area contributed by atoms with Gasteiger partial charge in [0, 0.05) is 25.2 Å². The molecule has 1 aromatic rings. The Hall–Kier alpha value is -2.63. The maximum atomic E-state index is 12.5. The molecule has 0 radical (unpaired) electrons. The van der Waals surface area contributed by atoms with Crippen molar-refractivity contribution in [2.45, 2.75) is 45.6 Å². The lowest BCUT2D eigenvalue weighted by Crippen LogP contribution is -2.37. The van der Waals surface area contributed by atoms with E-state index in [1.165, 1.54) is 6.92 Å². The van der Waals surface area contributed by atoms with E-state index in [1.807, 2.05) is 24.3 Å². The lowest BCUT2D eigenvalue weighted by molar-refractivity contribution is -0.158. The summed E-state index contributed by atoms with van der Waals surface area (Å²) in [6, 6.07) is 7.79. The summed E-state index contributed by atoms with van der Waals surface area (Å²) in [5, 5.41) is 2.59. The number of benzene rings is 1. The van der Waals surface area contributed by atoms with Gasteiger partial charge < -0.3 is 15.0 Å². The van der Waals surface area contributed by atoms with Gasteiger partial charge in [-0.3, -0.25) is 14.4 Å². The minimum absolute atomic E-state index is 0.0919. The van der Waals surface area contributed by atoms with Crippen molar-refractivity contribution in [3.63, 3.8) is 0 Å². The van der Waals surface area contributed by atoms with Crippen LogP contribution in [-0.2, 0) is 19.1 Å². The van der Waals surface area contributed by atoms with E-state index >= 15 is 0 Å². The lowest BCUT2D eigenvalue weighted by atomic mass is 9.96. The van der Waals surface area contributed by atoms with Gasteiger partial charge in [0.1, 0.15) is 0 Å². The molecule has 1 aromatic carbocycles. The molecule has 0 spiro atoms. The Bertz CT molecular complexity index is 716. The fourth-order valence-electron chi connectivity index (χ4n) is 3.11. The average molecular weight is 372 g/mol. The van der Waals surface area contributed by atoms with Crippen LogP contribution in [0.25, 0.3) is 0 Å². The second kappa shape index (κ2) is 9.35. The largest absolute Gasteiger partial charge is 0.452 e. The van der Waals surface area contributed by atoms with Crippen molar-refractivity contribution in [3.05, 3.63) is 42.5 Å². The summed E-state index contributed by atoms with van der Waals surface area (Å²) in [7, 11) is 0. The summed E-state index contributed by atoms with van der Waals surface area (Å²) in [5.74, 6) is -1.26. The zero-order chi connectivity index (χ0) is 20.0. The number of amides is 2. The molecule has 0 aromatic heterocycles. The lowest BCUT2D eigenvalue weighted by Gasteiger charge is -2.23. The van der Waals surface area contributed by atoms with Crippen LogP contribution in [0.4, 0.5) is 5.69 Å². The van der Waals surface area contributed by atoms with E-state index in [-0.39, 0.29) is 24.8 Å². The number of nitrogens with zero attached hydrogens (tertiary/aromatic N) is 1. The maximum absolute atomic E-state index is 12.5. The number of rotatable bonds is 8. The van der Waals surface area contributed by atoms with E-state index in [0.29, 0.717) is 12.5 Å². The van der Waals surface area contributed by atoms with Crippen LogP contribution in [0, 0.1) is 5.92 Å². The van der Waals surface area contributed by atoms with Crippen molar-refractivity contribution in [3.8, 4) is 0 Å². The van der Waals surface area contributed by atoms with E-state index in [4.69, 9.17) is 4.74 Å². The van der Waals surface area contributed by atoms with Crippen LogP contribution in [0.3, 0.4) is 0 Å². The predicted molar refractivity (Wildman–Crippen MR) is 104 cm³/mol. The minimum atomic E-state index is -0.908. The number of hydrogen-bond acceptors (Lipinski definition) is 4. The molecule has 0 unspecified atom stereocenters. The first kappa shape index (κ1) is 20.7. The molecule has 3 atom stereocenters. The Labute approximate surface area is 160 Å². The van der Waals surface area contributed by atoms with Crippen LogP contribution in [0.15, 0.2) is 36.9 Å². The van der Waals surface area contributed by atoms with Gasteiger partial charge in [-0.05, 0) is 30.9 Å². The molecule has 1 N–H and O–H groups in total. The summed E-state index contributed by atoms with van der Waals surface area (Å²) in [4.78, 5) is 38.5. The molecule has 0 aliphatic carbocycles. The van der Waals surface area contributed by atoms with Crippen molar-refractivity contribution in [1.82, 2.24) is 5.32 Å². The van der Waals surface area contributed by atoms with Crippen LogP contribution in [-0.4, -0.2) is 37.0 Å². The molecule has 146 valence electrons. The van der Waals surface area contributed by atoms with Gasteiger partial charge in [-0.2, -0.15) is 0 Å². The van der Waals surface area contributed by atoms with Crippen molar-refractivity contribution < 1.29 is 19.1 Å². The van der Waals surface area contributed by atoms with E-state index in [1.54, 1.807) is 11.0 Å². The van der Waals surface area contributed by atoms with Gasteiger partial charge in [0.2, 0.25) is 5.91 Å². The molecule has 2 amide bonds. The predicted octanol–water partition coefficient (Wildman–Crippen LogP) is 2.79. The molecular formula is C21H28N2O4. The van der Waals surface area contributed by atoms with Gasteiger partial charge >= 0.3 is 5.97 Å². The van der Waals surface area contributed by atoms with Gasteiger partial charge in [-0.15, -0.1) is 6.58 Å². The number of anilines is 1. The van der Waals surface area contributed by atoms with Crippen molar-refractivity contribution in [1.29, 1.82) is 0 Å². The number of hydrogen-bond donors (Lipinski definition) is 1.